The average molecular weight is 409 g/mol. The van der Waals surface area contributed by atoms with E-state index in [0.29, 0.717) is 13.1 Å². The van der Waals surface area contributed by atoms with Crippen molar-refractivity contribution in [3.63, 3.8) is 0 Å². The lowest BCUT2D eigenvalue weighted by Crippen LogP contribution is -2.38. The molecule has 0 atom stereocenters. The Morgan fingerprint density at radius 1 is 1.20 bits per heavy atom. The number of nitrogens with one attached hydrogen (secondary N) is 3. The van der Waals surface area contributed by atoms with Gasteiger partial charge in [0.25, 0.3) is 0 Å². The molecule has 0 radical (unpaired) electrons. The zero-order chi connectivity index (χ0) is 20.8. The standard InChI is InChI=1S/C23H29FN6/c1-2-25-23(27-10-8-18-16-28-21-6-5-19(24)14-20(18)21)29-15-17-7-9-26-22(13-17)30-11-3-4-12-30/h5-7,9,13-14,16,28H,2-4,8,10-12,15H2,1H3,(H2,25,27,29). The minimum absolute atomic E-state index is 0.211. The molecule has 3 N–H and O–H groups in total. The van der Waals surface area contributed by atoms with Crippen LogP contribution in [0, 0.1) is 5.82 Å². The number of halogens is 1. The lowest BCUT2D eigenvalue weighted by molar-refractivity contribution is 0.629. The Hall–Kier alpha value is -3.09. The molecule has 7 heteroatoms. The molecule has 0 aliphatic carbocycles. The molecule has 1 saturated heterocycles. The number of H-pyrrole nitrogens is 1. The lowest BCUT2D eigenvalue weighted by atomic mass is 10.1. The molecule has 0 amide bonds. The number of hydrogen-bond donors (Lipinski definition) is 3. The van der Waals surface area contributed by atoms with Crippen molar-refractivity contribution in [2.45, 2.75) is 32.7 Å². The summed E-state index contributed by atoms with van der Waals surface area (Å²) in [6.07, 6.45) is 7.08. The fourth-order valence-electron chi connectivity index (χ4n) is 3.86. The van der Waals surface area contributed by atoms with Gasteiger partial charge >= 0.3 is 0 Å². The number of anilines is 1. The number of nitrogens with zero attached hydrogens (tertiary/aromatic N) is 3. The summed E-state index contributed by atoms with van der Waals surface area (Å²) in [6, 6.07) is 9.00. The Morgan fingerprint density at radius 3 is 2.90 bits per heavy atom. The van der Waals surface area contributed by atoms with Crippen molar-refractivity contribution in [1.29, 1.82) is 0 Å². The van der Waals surface area contributed by atoms with Gasteiger partial charge in [0.15, 0.2) is 5.96 Å². The second-order valence-corrected chi connectivity index (χ2v) is 7.59. The van der Waals surface area contributed by atoms with E-state index in [4.69, 9.17) is 4.99 Å². The molecule has 4 rings (SSSR count). The first-order valence-electron chi connectivity index (χ1n) is 10.7. The van der Waals surface area contributed by atoms with Gasteiger partial charge in [-0.25, -0.2) is 14.4 Å². The van der Waals surface area contributed by atoms with Crippen molar-refractivity contribution in [3.05, 3.63) is 59.7 Å². The molecule has 0 saturated carbocycles. The normalized spacial score (nSPS) is 14.5. The van der Waals surface area contributed by atoms with Crippen molar-refractivity contribution in [1.82, 2.24) is 20.6 Å². The van der Waals surface area contributed by atoms with Crippen molar-refractivity contribution >= 4 is 22.7 Å². The molecule has 2 aromatic heterocycles. The summed E-state index contributed by atoms with van der Waals surface area (Å²) in [5.74, 6) is 1.62. The maximum atomic E-state index is 13.6. The van der Waals surface area contributed by atoms with Crippen molar-refractivity contribution in [2.24, 2.45) is 4.99 Å². The molecule has 1 aliphatic heterocycles. The van der Waals surface area contributed by atoms with Crippen LogP contribution >= 0.6 is 0 Å². The van der Waals surface area contributed by atoms with E-state index in [-0.39, 0.29) is 5.82 Å². The summed E-state index contributed by atoms with van der Waals surface area (Å²) in [7, 11) is 0. The maximum absolute atomic E-state index is 13.6. The van der Waals surface area contributed by atoms with Crippen LogP contribution in [0.5, 0.6) is 0 Å². The van der Waals surface area contributed by atoms with Gasteiger partial charge in [-0.3, -0.25) is 0 Å². The fraction of sp³-hybridized carbons (Fsp3) is 0.391. The number of pyridine rings is 1. The predicted molar refractivity (Wildman–Crippen MR) is 120 cm³/mol. The molecular formula is C23H29FN6. The number of fused-ring (bicyclic) bond motifs is 1. The highest BCUT2D eigenvalue weighted by Crippen LogP contribution is 2.20. The van der Waals surface area contributed by atoms with Gasteiger partial charge in [0.1, 0.15) is 11.6 Å². The fourth-order valence-corrected chi connectivity index (χ4v) is 3.86. The molecule has 1 aromatic carbocycles. The predicted octanol–water partition coefficient (Wildman–Crippen LogP) is 3.60. The van der Waals surface area contributed by atoms with Crippen molar-refractivity contribution in [3.8, 4) is 0 Å². The minimum atomic E-state index is -0.211. The third kappa shape index (κ3) is 4.90. The van der Waals surface area contributed by atoms with Crippen LogP contribution in [0.25, 0.3) is 10.9 Å². The first-order chi connectivity index (χ1) is 14.7. The quantitative estimate of drug-likeness (QED) is 0.413. The van der Waals surface area contributed by atoms with Crippen LogP contribution in [0.4, 0.5) is 10.2 Å². The van der Waals surface area contributed by atoms with Gasteiger partial charge < -0.3 is 20.5 Å². The van der Waals surface area contributed by atoms with Gasteiger partial charge in [0.05, 0.1) is 6.54 Å². The van der Waals surface area contributed by atoms with Crippen LogP contribution in [0.3, 0.4) is 0 Å². The molecule has 3 heterocycles. The van der Waals surface area contributed by atoms with E-state index in [1.807, 2.05) is 18.5 Å². The lowest BCUT2D eigenvalue weighted by Gasteiger charge is -2.16. The van der Waals surface area contributed by atoms with Crippen LogP contribution in [-0.2, 0) is 13.0 Å². The van der Waals surface area contributed by atoms with Crippen LogP contribution in [-0.4, -0.2) is 42.1 Å². The largest absolute Gasteiger partial charge is 0.361 e. The number of aliphatic imine (C=N–C) groups is 1. The summed E-state index contributed by atoms with van der Waals surface area (Å²) < 4.78 is 13.6. The van der Waals surface area contributed by atoms with E-state index in [1.54, 1.807) is 12.1 Å². The monoisotopic (exact) mass is 408 g/mol. The summed E-state index contributed by atoms with van der Waals surface area (Å²) in [5.41, 5.74) is 3.20. The Bertz CT molecular complexity index is 1010. The molecule has 0 spiro atoms. The van der Waals surface area contributed by atoms with Crippen molar-refractivity contribution in [2.75, 3.05) is 31.1 Å². The van der Waals surface area contributed by atoms with Crippen LogP contribution in [0.2, 0.25) is 0 Å². The molecule has 158 valence electrons. The van der Waals surface area contributed by atoms with Crippen LogP contribution in [0.15, 0.2) is 47.7 Å². The third-order valence-corrected chi connectivity index (χ3v) is 5.42. The van der Waals surface area contributed by atoms with Crippen molar-refractivity contribution < 1.29 is 4.39 Å². The number of aromatic amines is 1. The van der Waals surface area contributed by atoms with E-state index in [0.717, 1.165) is 59.9 Å². The Balaban J connectivity index is 1.36. The zero-order valence-corrected chi connectivity index (χ0v) is 17.4. The number of aromatic nitrogens is 2. The average Bonchev–Trinajstić information content (AvgIpc) is 3.43. The van der Waals surface area contributed by atoms with Gasteiger partial charge in [-0.2, -0.15) is 0 Å². The van der Waals surface area contributed by atoms with Gasteiger partial charge in [0, 0.05) is 49.5 Å². The first kappa shape index (κ1) is 20.2. The second kappa shape index (κ2) is 9.61. The summed E-state index contributed by atoms with van der Waals surface area (Å²) >= 11 is 0. The maximum Gasteiger partial charge on any atom is 0.191 e. The third-order valence-electron chi connectivity index (χ3n) is 5.42. The van der Waals surface area contributed by atoms with E-state index in [1.165, 1.54) is 18.9 Å². The van der Waals surface area contributed by atoms with E-state index < -0.39 is 0 Å². The van der Waals surface area contributed by atoms with E-state index in [9.17, 15) is 4.39 Å². The summed E-state index contributed by atoms with van der Waals surface area (Å²) in [4.78, 5) is 14.8. The van der Waals surface area contributed by atoms with Crippen LogP contribution < -0.4 is 15.5 Å². The Labute approximate surface area is 176 Å². The highest BCUT2D eigenvalue weighted by molar-refractivity contribution is 5.83. The number of rotatable bonds is 7. The summed E-state index contributed by atoms with van der Waals surface area (Å²) in [6.45, 7) is 6.32. The van der Waals surface area contributed by atoms with E-state index in [2.05, 4.69) is 38.5 Å². The zero-order valence-electron chi connectivity index (χ0n) is 17.4. The summed E-state index contributed by atoms with van der Waals surface area (Å²) in [5, 5.41) is 7.61. The van der Waals surface area contributed by atoms with Gasteiger partial charge in [0.2, 0.25) is 0 Å². The topological polar surface area (TPSA) is 68.3 Å². The molecule has 6 nitrogen and oxygen atoms in total. The molecule has 3 aromatic rings. The van der Waals surface area contributed by atoms with Gasteiger partial charge in [-0.15, -0.1) is 0 Å². The van der Waals surface area contributed by atoms with Gasteiger partial charge in [-0.1, -0.05) is 0 Å². The highest BCUT2D eigenvalue weighted by atomic mass is 19.1. The molecule has 0 bridgehead atoms. The van der Waals surface area contributed by atoms with Crippen LogP contribution in [0.1, 0.15) is 30.9 Å². The molecular weight excluding hydrogens is 379 g/mol. The number of benzene rings is 1. The Kier molecular flexibility index (Phi) is 6.47. The SMILES string of the molecule is CCNC(=NCc1ccnc(N2CCCC2)c1)NCCc1c[nH]c2ccc(F)cc12. The smallest absolute Gasteiger partial charge is 0.191 e. The molecule has 0 unspecified atom stereocenters. The molecule has 30 heavy (non-hydrogen) atoms. The molecule has 1 aliphatic rings. The highest BCUT2D eigenvalue weighted by Gasteiger charge is 2.13. The number of guanidine groups is 1. The minimum Gasteiger partial charge on any atom is -0.361 e. The Morgan fingerprint density at radius 2 is 2.07 bits per heavy atom. The second-order valence-electron chi connectivity index (χ2n) is 7.59. The number of hydrogen-bond acceptors (Lipinski definition) is 3. The first-order valence-corrected chi connectivity index (χ1v) is 10.7. The molecule has 1 fully saturated rings. The van der Waals surface area contributed by atoms with E-state index >= 15 is 0 Å². The van der Waals surface area contributed by atoms with Gasteiger partial charge in [-0.05, 0) is 67.6 Å².